The fraction of sp³-hybridized carbons (Fsp3) is 0.357. The Balaban J connectivity index is 2.44. The molecule has 0 amide bonds. The summed E-state index contributed by atoms with van der Waals surface area (Å²) in [5.41, 5.74) is -0.327. The van der Waals surface area contributed by atoms with Crippen molar-refractivity contribution >= 4 is 11.6 Å². The summed E-state index contributed by atoms with van der Waals surface area (Å²) in [5.74, 6) is 0. The molecule has 2 rings (SSSR count). The van der Waals surface area contributed by atoms with Crippen LogP contribution in [0.15, 0.2) is 30.5 Å². The third kappa shape index (κ3) is 3.77. The highest BCUT2D eigenvalue weighted by Crippen LogP contribution is 2.33. The zero-order valence-electron chi connectivity index (χ0n) is 11.6. The highest BCUT2D eigenvalue weighted by atomic mass is 35.5. The number of benzene rings is 1. The molecule has 0 fully saturated rings. The molecule has 0 atom stereocenters. The lowest BCUT2D eigenvalue weighted by Gasteiger charge is -2.14. The maximum Gasteiger partial charge on any atom is 0.433 e. The molecule has 0 aliphatic carbocycles. The highest BCUT2D eigenvalue weighted by Gasteiger charge is 2.38. The van der Waals surface area contributed by atoms with Crippen molar-refractivity contribution in [1.29, 1.82) is 0 Å². The number of aromatic nitrogens is 2. The molecule has 2 aromatic rings. The predicted molar refractivity (Wildman–Crippen MR) is 75.6 cm³/mol. The second kappa shape index (κ2) is 6.07. The van der Waals surface area contributed by atoms with Gasteiger partial charge in [-0.05, 0) is 24.3 Å². The Bertz CT molecular complexity index is 603. The second-order valence-corrected chi connectivity index (χ2v) is 5.38. The van der Waals surface area contributed by atoms with Gasteiger partial charge in [-0.25, -0.2) is 4.68 Å². The number of halogens is 4. The first kappa shape index (κ1) is 15.9. The molecule has 0 saturated heterocycles. The molecule has 0 saturated carbocycles. The van der Waals surface area contributed by atoms with Gasteiger partial charge in [0.25, 0.3) is 0 Å². The van der Waals surface area contributed by atoms with E-state index in [9.17, 15) is 13.2 Å². The van der Waals surface area contributed by atoms with Gasteiger partial charge in [-0.2, -0.15) is 18.3 Å². The Morgan fingerprint density at radius 2 is 1.86 bits per heavy atom. The van der Waals surface area contributed by atoms with Gasteiger partial charge >= 0.3 is 6.18 Å². The van der Waals surface area contributed by atoms with Crippen molar-refractivity contribution in [1.82, 2.24) is 15.1 Å². The van der Waals surface area contributed by atoms with Crippen LogP contribution in [0.4, 0.5) is 13.2 Å². The van der Waals surface area contributed by atoms with E-state index in [-0.39, 0.29) is 18.2 Å². The van der Waals surface area contributed by atoms with Gasteiger partial charge in [0.05, 0.1) is 11.9 Å². The molecule has 0 bridgehead atoms. The fourth-order valence-electron chi connectivity index (χ4n) is 1.91. The number of hydrogen-bond acceptors (Lipinski definition) is 2. The van der Waals surface area contributed by atoms with Crippen LogP contribution in [0.3, 0.4) is 0 Å². The van der Waals surface area contributed by atoms with Gasteiger partial charge in [0.2, 0.25) is 0 Å². The Morgan fingerprint density at radius 3 is 2.38 bits per heavy atom. The van der Waals surface area contributed by atoms with Crippen LogP contribution in [0.2, 0.25) is 5.02 Å². The molecule has 114 valence electrons. The first-order valence-electron chi connectivity index (χ1n) is 6.42. The van der Waals surface area contributed by atoms with Crippen molar-refractivity contribution in [3.05, 3.63) is 46.7 Å². The molecular weight excluding hydrogens is 303 g/mol. The summed E-state index contributed by atoms with van der Waals surface area (Å²) in [6.45, 7) is 3.86. The summed E-state index contributed by atoms with van der Waals surface area (Å²) >= 11 is 5.76. The molecule has 0 aliphatic heterocycles. The van der Waals surface area contributed by atoms with Crippen LogP contribution in [-0.2, 0) is 12.7 Å². The van der Waals surface area contributed by atoms with Crippen LogP contribution in [0, 0.1) is 0 Å². The van der Waals surface area contributed by atoms with Crippen molar-refractivity contribution in [2.24, 2.45) is 0 Å². The van der Waals surface area contributed by atoms with Gasteiger partial charge in [0.1, 0.15) is 0 Å². The number of rotatable bonds is 4. The zero-order chi connectivity index (χ0) is 15.6. The Morgan fingerprint density at radius 1 is 1.24 bits per heavy atom. The first-order valence-corrected chi connectivity index (χ1v) is 6.80. The van der Waals surface area contributed by atoms with Crippen LogP contribution >= 0.6 is 11.6 Å². The van der Waals surface area contributed by atoms with E-state index in [2.05, 4.69) is 10.4 Å². The Kier molecular flexibility index (Phi) is 4.58. The quantitative estimate of drug-likeness (QED) is 0.922. The van der Waals surface area contributed by atoms with Crippen molar-refractivity contribution in [2.45, 2.75) is 32.6 Å². The fourth-order valence-corrected chi connectivity index (χ4v) is 2.03. The van der Waals surface area contributed by atoms with E-state index in [0.717, 1.165) is 4.68 Å². The van der Waals surface area contributed by atoms with Gasteiger partial charge in [-0.3, -0.25) is 0 Å². The summed E-state index contributed by atoms with van der Waals surface area (Å²) < 4.78 is 40.8. The molecule has 0 unspecified atom stereocenters. The van der Waals surface area contributed by atoms with Gasteiger partial charge in [-0.1, -0.05) is 25.4 Å². The van der Waals surface area contributed by atoms with E-state index in [1.807, 2.05) is 13.8 Å². The SMILES string of the molecule is CC(C)NCc1cnn(-c2ccc(Cl)cc2)c1C(F)(F)F. The van der Waals surface area contributed by atoms with Crippen molar-refractivity contribution in [2.75, 3.05) is 0 Å². The van der Waals surface area contributed by atoms with Gasteiger partial charge in [-0.15, -0.1) is 0 Å². The standard InChI is InChI=1S/C14H15ClF3N3/c1-9(2)19-7-10-8-20-21(13(10)14(16,17)18)12-5-3-11(15)4-6-12/h3-6,8-9,19H,7H2,1-2H3. The van der Waals surface area contributed by atoms with Crippen LogP contribution < -0.4 is 5.32 Å². The van der Waals surface area contributed by atoms with Crippen molar-refractivity contribution in [3.63, 3.8) is 0 Å². The largest absolute Gasteiger partial charge is 0.433 e. The van der Waals surface area contributed by atoms with E-state index in [4.69, 9.17) is 11.6 Å². The van der Waals surface area contributed by atoms with Crippen LogP contribution in [0.25, 0.3) is 5.69 Å². The number of hydrogen-bond donors (Lipinski definition) is 1. The van der Waals surface area contributed by atoms with E-state index in [0.29, 0.717) is 10.7 Å². The normalized spacial score (nSPS) is 12.1. The number of nitrogens with one attached hydrogen (secondary N) is 1. The van der Waals surface area contributed by atoms with E-state index in [1.54, 1.807) is 0 Å². The zero-order valence-corrected chi connectivity index (χ0v) is 12.3. The molecule has 3 nitrogen and oxygen atoms in total. The maximum atomic E-state index is 13.3. The minimum atomic E-state index is -4.48. The number of alkyl halides is 3. The minimum absolute atomic E-state index is 0.0879. The smallest absolute Gasteiger partial charge is 0.310 e. The molecule has 7 heteroatoms. The maximum absolute atomic E-state index is 13.3. The first-order chi connectivity index (χ1) is 9.79. The molecule has 0 radical (unpaired) electrons. The highest BCUT2D eigenvalue weighted by molar-refractivity contribution is 6.30. The molecule has 0 spiro atoms. The lowest BCUT2D eigenvalue weighted by atomic mass is 10.2. The summed E-state index contributed by atoms with van der Waals surface area (Å²) in [7, 11) is 0. The molecule has 1 aromatic heterocycles. The van der Waals surface area contributed by atoms with E-state index < -0.39 is 11.9 Å². The minimum Gasteiger partial charge on any atom is -0.310 e. The monoisotopic (exact) mass is 317 g/mol. The van der Waals surface area contributed by atoms with Crippen LogP contribution in [0.1, 0.15) is 25.1 Å². The average Bonchev–Trinajstić information content (AvgIpc) is 2.81. The second-order valence-electron chi connectivity index (χ2n) is 4.94. The summed E-state index contributed by atoms with van der Waals surface area (Å²) in [5, 5.41) is 7.31. The topological polar surface area (TPSA) is 29.9 Å². The lowest BCUT2D eigenvalue weighted by molar-refractivity contribution is -0.143. The Labute approximate surface area is 125 Å². The molecule has 1 N–H and O–H groups in total. The third-order valence-electron chi connectivity index (χ3n) is 2.89. The molecular formula is C14H15ClF3N3. The molecule has 0 aliphatic rings. The third-order valence-corrected chi connectivity index (χ3v) is 3.14. The van der Waals surface area contributed by atoms with Gasteiger partial charge in [0, 0.05) is 23.2 Å². The average molecular weight is 318 g/mol. The lowest BCUT2D eigenvalue weighted by Crippen LogP contribution is -2.24. The van der Waals surface area contributed by atoms with Crippen LogP contribution in [0.5, 0.6) is 0 Å². The predicted octanol–water partition coefficient (Wildman–Crippen LogP) is 4.04. The molecule has 1 aromatic carbocycles. The Hall–Kier alpha value is -1.53. The van der Waals surface area contributed by atoms with Crippen molar-refractivity contribution < 1.29 is 13.2 Å². The molecule has 1 heterocycles. The van der Waals surface area contributed by atoms with Gasteiger partial charge in [0.15, 0.2) is 5.69 Å². The van der Waals surface area contributed by atoms with Gasteiger partial charge < -0.3 is 5.32 Å². The summed E-state index contributed by atoms with van der Waals surface area (Å²) in [6.07, 6.45) is -3.24. The van der Waals surface area contributed by atoms with E-state index >= 15 is 0 Å². The summed E-state index contributed by atoms with van der Waals surface area (Å²) in [6, 6.07) is 6.16. The number of nitrogens with zero attached hydrogens (tertiary/aromatic N) is 2. The summed E-state index contributed by atoms with van der Waals surface area (Å²) in [4.78, 5) is 0. The van der Waals surface area contributed by atoms with Crippen LogP contribution in [-0.4, -0.2) is 15.8 Å². The van der Waals surface area contributed by atoms with E-state index in [1.165, 1.54) is 30.5 Å². The van der Waals surface area contributed by atoms with Crippen molar-refractivity contribution in [3.8, 4) is 5.69 Å². The molecule has 21 heavy (non-hydrogen) atoms.